The van der Waals surface area contributed by atoms with Crippen molar-refractivity contribution in [2.24, 2.45) is 0 Å². The van der Waals surface area contributed by atoms with Crippen molar-refractivity contribution >= 4 is 23.1 Å². The number of piperazine rings is 1. The fourth-order valence-electron chi connectivity index (χ4n) is 3.92. The van der Waals surface area contributed by atoms with Crippen LogP contribution in [0.15, 0.2) is 48.2 Å². The lowest BCUT2D eigenvalue weighted by molar-refractivity contribution is -0.121. The molecule has 1 fully saturated rings. The van der Waals surface area contributed by atoms with Gasteiger partial charge in [0.15, 0.2) is 5.76 Å². The summed E-state index contributed by atoms with van der Waals surface area (Å²) >= 11 is 0. The maximum atomic E-state index is 13.0. The smallest absolute Gasteiger partial charge is 0.301 e. The fraction of sp³-hybridized carbons (Fsp3) is 0.333. The van der Waals surface area contributed by atoms with Crippen molar-refractivity contribution in [2.45, 2.75) is 20.4 Å². The number of imide groups is 1. The van der Waals surface area contributed by atoms with Gasteiger partial charge in [0, 0.05) is 32.7 Å². The number of anilines is 1. The number of benzene rings is 2. The maximum absolute atomic E-state index is 13.0. The molecule has 2 aromatic carbocycles. The Morgan fingerprint density at radius 1 is 0.867 bits per heavy atom. The third-order valence-electron chi connectivity index (χ3n) is 6.05. The molecule has 0 aliphatic carbocycles. The Bertz CT molecular complexity index is 1020. The molecule has 2 heterocycles. The number of aliphatic hydroxyl groups is 1. The fourth-order valence-corrected chi connectivity index (χ4v) is 3.92. The first-order valence-electron chi connectivity index (χ1n) is 10.2. The summed E-state index contributed by atoms with van der Waals surface area (Å²) in [4.78, 5) is 31.5. The SMILES string of the molecule is Cc1ccc(C2=C(O)C(=O)N(c3ccc(CN4CCN(C)CC4)cc3)C2=O)cc1C. The van der Waals surface area contributed by atoms with Gasteiger partial charge in [-0.15, -0.1) is 0 Å². The van der Waals surface area contributed by atoms with Crippen molar-refractivity contribution in [3.05, 3.63) is 70.5 Å². The number of rotatable bonds is 4. The molecule has 1 saturated heterocycles. The zero-order chi connectivity index (χ0) is 21.4. The zero-order valence-corrected chi connectivity index (χ0v) is 17.7. The van der Waals surface area contributed by atoms with Gasteiger partial charge in [-0.2, -0.15) is 0 Å². The Kier molecular flexibility index (Phi) is 5.45. The average Bonchev–Trinajstić information content (AvgIpc) is 2.95. The van der Waals surface area contributed by atoms with E-state index in [0.717, 1.165) is 54.3 Å². The predicted octanol–water partition coefficient (Wildman–Crippen LogP) is 2.89. The molecule has 4 rings (SSSR count). The van der Waals surface area contributed by atoms with Crippen LogP contribution in [0.4, 0.5) is 5.69 Å². The molecule has 6 heteroatoms. The first-order chi connectivity index (χ1) is 14.3. The number of carbonyl (C=O) groups excluding carboxylic acids is 2. The molecule has 0 unspecified atom stereocenters. The minimum atomic E-state index is -0.681. The van der Waals surface area contributed by atoms with Crippen molar-refractivity contribution in [2.75, 3.05) is 38.1 Å². The van der Waals surface area contributed by atoms with E-state index in [9.17, 15) is 14.7 Å². The second-order valence-corrected chi connectivity index (χ2v) is 8.21. The topological polar surface area (TPSA) is 64.1 Å². The molecule has 0 saturated carbocycles. The molecule has 2 aliphatic rings. The number of likely N-dealkylation sites (N-methyl/N-ethyl adjacent to an activating group) is 1. The van der Waals surface area contributed by atoms with Gasteiger partial charge in [0.25, 0.3) is 5.91 Å². The summed E-state index contributed by atoms with van der Waals surface area (Å²) in [7, 11) is 2.13. The summed E-state index contributed by atoms with van der Waals surface area (Å²) in [5, 5.41) is 10.4. The highest BCUT2D eigenvalue weighted by atomic mass is 16.3. The molecule has 6 nitrogen and oxygen atoms in total. The second-order valence-electron chi connectivity index (χ2n) is 8.21. The number of hydrogen-bond donors (Lipinski definition) is 1. The van der Waals surface area contributed by atoms with Crippen LogP contribution in [0.1, 0.15) is 22.3 Å². The normalized spacial score (nSPS) is 18.6. The van der Waals surface area contributed by atoms with Crippen LogP contribution in [0.25, 0.3) is 5.57 Å². The van der Waals surface area contributed by atoms with Crippen LogP contribution in [0, 0.1) is 13.8 Å². The van der Waals surface area contributed by atoms with E-state index in [1.165, 1.54) is 0 Å². The third kappa shape index (κ3) is 3.76. The van der Waals surface area contributed by atoms with E-state index in [0.29, 0.717) is 11.3 Å². The number of aryl methyl sites for hydroxylation is 2. The lowest BCUT2D eigenvalue weighted by Gasteiger charge is -2.32. The summed E-state index contributed by atoms with van der Waals surface area (Å²) in [5.41, 5.74) is 4.31. The molecular weight excluding hydrogens is 378 g/mol. The number of hydrogen-bond acceptors (Lipinski definition) is 5. The average molecular weight is 405 g/mol. The summed E-state index contributed by atoms with van der Waals surface area (Å²) < 4.78 is 0. The lowest BCUT2D eigenvalue weighted by atomic mass is 10.00. The molecule has 0 aromatic heterocycles. The van der Waals surface area contributed by atoms with Crippen molar-refractivity contribution in [1.82, 2.24) is 9.80 Å². The van der Waals surface area contributed by atoms with E-state index in [1.54, 1.807) is 18.2 Å². The minimum absolute atomic E-state index is 0.0598. The standard InChI is InChI=1S/C24H27N3O3/c1-16-4-7-19(14-17(16)2)21-22(28)24(30)27(23(21)29)20-8-5-18(6-9-20)15-26-12-10-25(3)11-13-26/h4-9,14,28H,10-13,15H2,1-3H3. The molecular formula is C24H27N3O3. The number of nitrogens with zero attached hydrogens (tertiary/aromatic N) is 3. The highest BCUT2D eigenvalue weighted by molar-refractivity contribution is 6.44. The van der Waals surface area contributed by atoms with E-state index < -0.39 is 17.6 Å². The largest absolute Gasteiger partial charge is 0.502 e. The van der Waals surface area contributed by atoms with Gasteiger partial charge in [-0.05, 0) is 55.3 Å². The third-order valence-corrected chi connectivity index (χ3v) is 6.05. The summed E-state index contributed by atoms with van der Waals surface area (Å²) in [6, 6.07) is 12.9. The van der Waals surface area contributed by atoms with Gasteiger partial charge in [0.1, 0.15) is 0 Å². The monoisotopic (exact) mass is 405 g/mol. The molecule has 156 valence electrons. The Balaban J connectivity index is 1.52. The van der Waals surface area contributed by atoms with Crippen LogP contribution in [0.3, 0.4) is 0 Å². The van der Waals surface area contributed by atoms with E-state index in [2.05, 4.69) is 16.8 Å². The van der Waals surface area contributed by atoms with Gasteiger partial charge in [-0.1, -0.05) is 30.3 Å². The molecule has 2 amide bonds. The van der Waals surface area contributed by atoms with E-state index in [4.69, 9.17) is 0 Å². The zero-order valence-electron chi connectivity index (χ0n) is 17.7. The van der Waals surface area contributed by atoms with Gasteiger partial charge in [0.2, 0.25) is 0 Å². The molecule has 0 spiro atoms. The lowest BCUT2D eigenvalue weighted by Crippen LogP contribution is -2.43. The number of carbonyl (C=O) groups is 2. The highest BCUT2D eigenvalue weighted by Gasteiger charge is 2.40. The molecule has 0 bridgehead atoms. The first-order valence-corrected chi connectivity index (χ1v) is 10.2. The van der Waals surface area contributed by atoms with Crippen LogP contribution in [0.2, 0.25) is 0 Å². The quantitative estimate of drug-likeness (QED) is 0.793. The van der Waals surface area contributed by atoms with E-state index >= 15 is 0 Å². The Morgan fingerprint density at radius 3 is 2.17 bits per heavy atom. The van der Waals surface area contributed by atoms with Crippen LogP contribution >= 0.6 is 0 Å². The minimum Gasteiger partial charge on any atom is -0.502 e. The second kappa shape index (κ2) is 8.05. The van der Waals surface area contributed by atoms with Crippen molar-refractivity contribution in [3.63, 3.8) is 0 Å². The van der Waals surface area contributed by atoms with Gasteiger partial charge >= 0.3 is 5.91 Å². The molecule has 0 radical (unpaired) electrons. The van der Waals surface area contributed by atoms with Crippen molar-refractivity contribution in [3.8, 4) is 0 Å². The summed E-state index contributed by atoms with van der Waals surface area (Å²) in [5.74, 6) is -1.67. The molecule has 0 atom stereocenters. The number of aliphatic hydroxyl groups excluding tert-OH is 1. The van der Waals surface area contributed by atoms with Crippen LogP contribution in [-0.4, -0.2) is 59.9 Å². The van der Waals surface area contributed by atoms with E-state index in [-0.39, 0.29) is 5.57 Å². The highest BCUT2D eigenvalue weighted by Crippen LogP contribution is 2.32. The summed E-state index contributed by atoms with van der Waals surface area (Å²) in [6.45, 7) is 8.92. The van der Waals surface area contributed by atoms with Crippen molar-refractivity contribution < 1.29 is 14.7 Å². The first kappa shape index (κ1) is 20.3. The Morgan fingerprint density at radius 2 is 1.53 bits per heavy atom. The molecule has 1 N–H and O–H groups in total. The Hall–Kier alpha value is -2.96. The van der Waals surface area contributed by atoms with Gasteiger partial charge in [-0.25, -0.2) is 4.90 Å². The summed E-state index contributed by atoms with van der Waals surface area (Å²) in [6.07, 6.45) is 0. The van der Waals surface area contributed by atoms with Crippen molar-refractivity contribution in [1.29, 1.82) is 0 Å². The van der Waals surface area contributed by atoms with Gasteiger partial charge < -0.3 is 10.0 Å². The molecule has 2 aliphatic heterocycles. The van der Waals surface area contributed by atoms with Crippen LogP contribution in [0.5, 0.6) is 0 Å². The van der Waals surface area contributed by atoms with E-state index in [1.807, 2.05) is 38.1 Å². The van der Waals surface area contributed by atoms with Gasteiger partial charge in [0.05, 0.1) is 11.3 Å². The maximum Gasteiger partial charge on any atom is 0.301 e. The number of amides is 2. The van der Waals surface area contributed by atoms with Crippen LogP contribution in [-0.2, 0) is 16.1 Å². The van der Waals surface area contributed by atoms with Crippen LogP contribution < -0.4 is 4.90 Å². The predicted molar refractivity (Wildman–Crippen MR) is 117 cm³/mol. The molecule has 2 aromatic rings. The molecule has 30 heavy (non-hydrogen) atoms. The Labute approximate surface area is 177 Å². The van der Waals surface area contributed by atoms with Gasteiger partial charge in [-0.3, -0.25) is 14.5 Å².